The van der Waals surface area contributed by atoms with Gasteiger partial charge in [-0.1, -0.05) is 25.5 Å². The molecule has 2 aromatic rings. The second-order valence-corrected chi connectivity index (χ2v) is 4.58. The molecule has 2 rings (SSSR count). The van der Waals surface area contributed by atoms with Gasteiger partial charge in [0.2, 0.25) is 0 Å². The van der Waals surface area contributed by atoms with Crippen molar-refractivity contribution in [3.05, 3.63) is 36.7 Å². The lowest BCUT2D eigenvalue weighted by Crippen LogP contribution is -2.14. The van der Waals surface area contributed by atoms with Crippen LogP contribution in [0.3, 0.4) is 0 Å². The van der Waals surface area contributed by atoms with Gasteiger partial charge in [0.15, 0.2) is 0 Å². The van der Waals surface area contributed by atoms with Gasteiger partial charge in [0.05, 0.1) is 6.61 Å². The number of rotatable bonds is 6. The average Bonchev–Trinajstić information content (AvgIpc) is 2.87. The lowest BCUT2D eigenvalue weighted by atomic mass is 10.2. The maximum absolute atomic E-state index is 11.7. The SMILES string of the molecule is CCCCOC(=O)Cn1ccnc1-c1cccc(N)c1. The summed E-state index contributed by atoms with van der Waals surface area (Å²) < 4.78 is 6.93. The summed E-state index contributed by atoms with van der Waals surface area (Å²) >= 11 is 0. The summed E-state index contributed by atoms with van der Waals surface area (Å²) in [5.41, 5.74) is 7.32. The third kappa shape index (κ3) is 3.60. The smallest absolute Gasteiger partial charge is 0.326 e. The highest BCUT2D eigenvalue weighted by Gasteiger charge is 2.10. The Kier molecular flexibility index (Phi) is 4.76. The molecule has 0 fully saturated rings. The van der Waals surface area contributed by atoms with Crippen LogP contribution in [0.2, 0.25) is 0 Å². The number of imidazole rings is 1. The molecule has 0 aliphatic heterocycles. The van der Waals surface area contributed by atoms with Crippen molar-refractivity contribution in [2.45, 2.75) is 26.3 Å². The van der Waals surface area contributed by atoms with Crippen LogP contribution in [0.25, 0.3) is 11.4 Å². The van der Waals surface area contributed by atoms with Crippen LogP contribution in [0.4, 0.5) is 5.69 Å². The van der Waals surface area contributed by atoms with Crippen LogP contribution in [-0.2, 0) is 16.1 Å². The topological polar surface area (TPSA) is 70.1 Å². The van der Waals surface area contributed by atoms with Crippen LogP contribution < -0.4 is 5.73 Å². The number of nitrogens with two attached hydrogens (primary N) is 1. The fraction of sp³-hybridized carbons (Fsp3) is 0.333. The van der Waals surface area contributed by atoms with Gasteiger partial charge in [-0.2, -0.15) is 0 Å². The van der Waals surface area contributed by atoms with Gasteiger partial charge in [0.1, 0.15) is 12.4 Å². The van der Waals surface area contributed by atoms with E-state index in [4.69, 9.17) is 10.5 Å². The Morgan fingerprint density at radius 1 is 1.45 bits per heavy atom. The van der Waals surface area contributed by atoms with E-state index >= 15 is 0 Å². The molecular formula is C15H19N3O2. The number of nitrogens with zero attached hydrogens (tertiary/aromatic N) is 2. The maximum Gasteiger partial charge on any atom is 0.326 e. The van der Waals surface area contributed by atoms with E-state index in [-0.39, 0.29) is 12.5 Å². The Balaban J connectivity index is 2.07. The Labute approximate surface area is 118 Å². The van der Waals surface area contributed by atoms with Crippen molar-refractivity contribution in [2.24, 2.45) is 0 Å². The van der Waals surface area contributed by atoms with Crippen LogP contribution in [0, 0.1) is 0 Å². The number of esters is 1. The summed E-state index contributed by atoms with van der Waals surface area (Å²) in [6.07, 6.45) is 5.32. The predicted octanol–water partition coefficient (Wildman–Crippen LogP) is 2.48. The molecule has 1 aromatic heterocycles. The molecule has 0 saturated carbocycles. The Morgan fingerprint density at radius 2 is 2.30 bits per heavy atom. The molecule has 0 radical (unpaired) electrons. The number of carbonyl (C=O) groups is 1. The molecule has 1 heterocycles. The monoisotopic (exact) mass is 273 g/mol. The summed E-state index contributed by atoms with van der Waals surface area (Å²) in [7, 11) is 0. The highest BCUT2D eigenvalue weighted by Crippen LogP contribution is 2.19. The van der Waals surface area contributed by atoms with Crippen LogP contribution in [0.5, 0.6) is 0 Å². The average molecular weight is 273 g/mol. The molecule has 0 bridgehead atoms. The molecule has 0 atom stereocenters. The first-order chi connectivity index (χ1) is 9.70. The predicted molar refractivity (Wildman–Crippen MR) is 77.9 cm³/mol. The summed E-state index contributed by atoms with van der Waals surface area (Å²) in [5.74, 6) is 0.464. The van der Waals surface area contributed by atoms with Gasteiger partial charge in [-0.05, 0) is 18.6 Å². The zero-order valence-electron chi connectivity index (χ0n) is 11.6. The van der Waals surface area contributed by atoms with Crippen LogP contribution in [0.1, 0.15) is 19.8 Å². The van der Waals surface area contributed by atoms with Gasteiger partial charge in [-0.15, -0.1) is 0 Å². The number of ether oxygens (including phenoxy) is 1. The number of aromatic nitrogens is 2. The van der Waals surface area contributed by atoms with Crippen LogP contribution >= 0.6 is 0 Å². The van der Waals surface area contributed by atoms with E-state index in [2.05, 4.69) is 11.9 Å². The highest BCUT2D eigenvalue weighted by molar-refractivity contribution is 5.71. The van der Waals surface area contributed by atoms with Crippen molar-refractivity contribution in [1.29, 1.82) is 0 Å². The molecule has 1 aromatic carbocycles. The zero-order chi connectivity index (χ0) is 14.4. The standard InChI is InChI=1S/C15H19N3O2/c1-2-3-9-20-14(19)11-18-8-7-17-15(18)12-5-4-6-13(16)10-12/h4-8,10H,2-3,9,11,16H2,1H3. The van der Waals surface area contributed by atoms with Crippen LogP contribution in [-0.4, -0.2) is 22.1 Å². The Morgan fingerprint density at radius 3 is 3.05 bits per heavy atom. The minimum atomic E-state index is -0.249. The molecular weight excluding hydrogens is 254 g/mol. The molecule has 0 amide bonds. The van der Waals surface area contributed by atoms with Gasteiger partial charge in [0.25, 0.3) is 0 Å². The third-order valence-electron chi connectivity index (χ3n) is 2.92. The van der Waals surface area contributed by atoms with Crippen molar-refractivity contribution in [3.63, 3.8) is 0 Å². The quantitative estimate of drug-likeness (QED) is 0.498. The number of unbranched alkanes of at least 4 members (excludes halogenated alkanes) is 1. The molecule has 106 valence electrons. The fourth-order valence-corrected chi connectivity index (χ4v) is 1.89. The molecule has 2 N–H and O–H groups in total. The highest BCUT2D eigenvalue weighted by atomic mass is 16.5. The van der Waals surface area contributed by atoms with Crippen molar-refractivity contribution in [2.75, 3.05) is 12.3 Å². The lowest BCUT2D eigenvalue weighted by Gasteiger charge is -2.08. The minimum absolute atomic E-state index is 0.161. The minimum Gasteiger partial charge on any atom is -0.464 e. The van der Waals surface area contributed by atoms with Gasteiger partial charge in [-0.25, -0.2) is 4.98 Å². The van der Waals surface area contributed by atoms with Gasteiger partial charge in [0, 0.05) is 23.6 Å². The number of carbonyl (C=O) groups excluding carboxylic acids is 1. The first-order valence-electron chi connectivity index (χ1n) is 6.73. The van der Waals surface area contributed by atoms with Crippen LogP contribution in [0.15, 0.2) is 36.7 Å². The normalized spacial score (nSPS) is 10.4. The Hall–Kier alpha value is -2.30. The molecule has 20 heavy (non-hydrogen) atoms. The van der Waals surface area contributed by atoms with Crippen molar-refractivity contribution < 1.29 is 9.53 Å². The molecule has 5 heteroatoms. The molecule has 5 nitrogen and oxygen atoms in total. The molecule has 0 aliphatic carbocycles. The van der Waals surface area contributed by atoms with E-state index in [9.17, 15) is 4.79 Å². The third-order valence-corrected chi connectivity index (χ3v) is 2.92. The van der Waals surface area contributed by atoms with E-state index in [0.717, 1.165) is 18.4 Å². The molecule has 0 saturated heterocycles. The lowest BCUT2D eigenvalue weighted by molar-refractivity contribution is -0.144. The van der Waals surface area contributed by atoms with Crippen molar-refractivity contribution in [3.8, 4) is 11.4 Å². The first kappa shape index (κ1) is 14.1. The van der Waals surface area contributed by atoms with E-state index in [1.165, 1.54) is 0 Å². The number of anilines is 1. The number of hydrogen-bond acceptors (Lipinski definition) is 4. The van der Waals surface area contributed by atoms with Gasteiger partial charge < -0.3 is 15.0 Å². The van der Waals surface area contributed by atoms with E-state index in [1.54, 1.807) is 17.0 Å². The number of hydrogen-bond donors (Lipinski definition) is 1. The molecule has 0 aliphatic rings. The second-order valence-electron chi connectivity index (χ2n) is 4.58. The fourth-order valence-electron chi connectivity index (χ4n) is 1.89. The van der Waals surface area contributed by atoms with Gasteiger partial charge in [-0.3, -0.25) is 4.79 Å². The van der Waals surface area contributed by atoms with E-state index < -0.39 is 0 Å². The number of nitrogen functional groups attached to an aromatic ring is 1. The summed E-state index contributed by atoms with van der Waals surface area (Å²) in [5, 5.41) is 0. The van der Waals surface area contributed by atoms with E-state index in [1.807, 2.05) is 24.3 Å². The molecule has 0 unspecified atom stereocenters. The number of benzene rings is 1. The molecule has 0 spiro atoms. The second kappa shape index (κ2) is 6.75. The van der Waals surface area contributed by atoms with Gasteiger partial charge >= 0.3 is 5.97 Å². The summed E-state index contributed by atoms with van der Waals surface area (Å²) in [6, 6.07) is 7.43. The maximum atomic E-state index is 11.7. The van der Waals surface area contributed by atoms with Crippen molar-refractivity contribution >= 4 is 11.7 Å². The van der Waals surface area contributed by atoms with Crippen molar-refractivity contribution in [1.82, 2.24) is 9.55 Å². The van der Waals surface area contributed by atoms with E-state index in [0.29, 0.717) is 18.1 Å². The zero-order valence-corrected chi connectivity index (χ0v) is 11.6. The summed E-state index contributed by atoms with van der Waals surface area (Å²) in [6.45, 7) is 2.69. The Bertz CT molecular complexity index is 578. The summed E-state index contributed by atoms with van der Waals surface area (Å²) in [4.78, 5) is 16.0. The first-order valence-corrected chi connectivity index (χ1v) is 6.73. The largest absolute Gasteiger partial charge is 0.464 e.